The summed E-state index contributed by atoms with van der Waals surface area (Å²) in [5.74, 6) is -5.39. The Balaban J connectivity index is 1.50. The van der Waals surface area contributed by atoms with Gasteiger partial charge in [-0.3, -0.25) is 9.52 Å². The topological polar surface area (TPSA) is 56.1 Å². The minimum atomic E-state index is -2.67. The van der Waals surface area contributed by atoms with E-state index in [2.05, 4.69) is 10.8 Å². The maximum Gasteiger partial charge on any atom is 0.297 e. The summed E-state index contributed by atoms with van der Waals surface area (Å²) in [6.07, 6.45) is 2.36. The van der Waals surface area contributed by atoms with Crippen LogP contribution in [0.2, 0.25) is 0 Å². The quantitative estimate of drug-likeness (QED) is 0.401. The molecule has 1 spiro atoms. The maximum absolute atomic E-state index is 15.6. The zero-order chi connectivity index (χ0) is 25.0. The Morgan fingerprint density at radius 1 is 1.14 bits per heavy atom. The minimum Gasteiger partial charge on any atom is -0.336 e. The molecule has 2 aliphatic carbocycles. The summed E-state index contributed by atoms with van der Waals surface area (Å²) in [4.78, 5) is 14.9. The maximum atomic E-state index is 15.6. The van der Waals surface area contributed by atoms with Gasteiger partial charge in [-0.2, -0.15) is 14.0 Å². The van der Waals surface area contributed by atoms with Crippen LogP contribution < -0.4 is 4.72 Å². The molecular formula is C25H22F5N3OS. The van der Waals surface area contributed by atoms with Crippen LogP contribution in [0.25, 0.3) is 11.1 Å². The Morgan fingerprint density at radius 2 is 1.83 bits per heavy atom. The highest BCUT2D eigenvalue weighted by Gasteiger charge is 2.64. The average molecular weight is 508 g/mol. The molecule has 0 radical (unpaired) electrons. The number of amides is 1. The van der Waals surface area contributed by atoms with Crippen LogP contribution >= 0.6 is 11.9 Å². The monoisotopic (exact) mass is 507 g/mol. The Kier molecular flexibility index (Phi) is 6.04. The lowest BCUT2D eigenvalue weighted by Crippen LogP contribution is -2.48. The molecule has 2 unspecified atom stereocenters. The third kappa shape index (κ3) is 4.40. The first-order chi connectivity index (χ1) is 16.7. The summed E-state index contributed by atoms with van der Waals surface area (Å²) < 4.78 is 72.1. The van der Waals surface area contributed by atoms with Gasteiger partial charge < -0.3 is 4.90 Å². The van der Waals surface area contributed by atoms with Gasteiger partial charge in [0.2, 0.25) is 5.91 Å². The van der Waals surface area contributed by atoms with Crippen LogP contribution in [0, 0.1) is 39.6 Å². The number of likely N-dealkylation sites (tertiary alicyclic amines) is 1. The number of nitriles is 1. The molecule has 1 saturated heterocycles. The Bertz CT molecular complexity index is 1190. The van der Waals surface area contributed by atoms with Gasteiger partial charge in [0.25, 0.3) is 5.76 Å². The van der Waals surface area contributed by atoms with Gasteiger partial charge in [-0.1, -0.05) is 18.2 Å². The summed E-state index contributed by atoms with van der Waals surface area (Å²) in [5.41, 5.74) is -1.26. The highest BCUT2D eigenvalue weighted by Crippen LogP contribution is 2.58. The van der Waals surface area contributed by atoms with Gasteiger partial charge in [0.05, 0.1) is 12.1 Å². The van der Waals surface area contributed by atoms with Crippen molar-refractivity contribution in [2.75, 3.05) is 6.54 Å². The second-order valence-electron chi connectivity index (χ2n) is 9.67. The fraction of sp³-hybridized carbons (Fsp3) is 0.440. The zero-order valence-electron chi connectivity index (χ0n) is 18.5. The molecule has 1 aliphatic heterocycles. The van der Waals surface area contributed by atoms with Crippen molar-refractivity contribution in [3.05, 3.63) is 59.4 Å². The number of rotatable bonds is 7. The number of nitrogens with one attached hydrogen (secondary N) is 1. The summed E-state index contributed by atoms with van der Waals surface area (Å²) in [6, 6.07) is 8.16. The number of benzene rings is 2. The van der Waals surface area contributed by atoms with E-state index in [9.17, 15) is 27.6 Å². The number of carbonyl (C=O) groups excluding carboxylic acids is 1. The van der Waals surface area contributed by atoms with E-state index in [-0.39, 0.29) is 41.0 Å². The van der Waals surface area contributed by atoms with Gasteiger partial charge in [-0.05, 0) is 67.3 Å². The largest absolute Gasteiger partial charge is 0.336 e. The van der Waals surface area contributed by atoms with Crippen molar-refractivity contribution >= 4 is 17.9 Å². The summed E-state index contributed by atoms with van der Waals surface area (Å²) >= 11 is 0.272. The first-order valence-electron chi connectivity index (χ1n) is 11.3. The van der Waals surface area contributed by atoms with Crippen LogP contribution in [0.15, 0.2) is 36.4 Å². The van der Waals surface area contributed by atoms with Crippen LogP contribution in [-0.2, 0) is 11.2 Å². The van der Waals surface area contributed by atoms with E-state index in [4.69, 9.17) is 0 Å². The molecule has 2 aromatic carbocycles. The van der Waals surface area contributed by atoms with Gasteiger partial charge in [0, 0.05) is 29.6 Å². The van der Waals surface area contributed by atoms with Crippen LogP contribution in [0.1, 0.15) is 31.2 Å². The van der Waals surface area contributed by atoms with Gasteiger partial charge in [0.1, 0.15) is 22.9 Å². The summed E-state index contributed by atoms with van der Waals surface area (Å²) in [7, 11) is 0. The summed E-state index contributed by atoms with van der Waals surface area (Å²) in [6.45, 7) is 0.317. The predicted octanol–water partition coefficient (Wildman–Crippen LogP) is 5.44. The lowest BCUT2D eigenvalue weighted by molar-refractivity contribution is -0.136. The van der Waals surface area contributed by atoms with E-state index >= 15 is 4.39 Å². The minimum absolute atomic E-state index is 0.0000568. The highest BCUT2D eigenvalue weighted by atomic mass is 32.2. The molecule has 5 rings (SSSR count). The molecule has 2 aromatic rings. The van der Waals surface area contributed by atoms with E-state index in [1.165, 1.54) is 12.1 Å². The van der Waals surface area contributed by atoms with E-state index in [1.807, 2.05) is 0 Å². The number of hydrogen-bond donors (Lipinski definition) is 1. The first-order valence-corrected chi connectivity index (χ1v) is 12.2. The summed E-state index contributed by atoms with van der Waals surface area (Å²) in [5, 5.41) is 9.56. The molecule has 0 bridgehead atoms. The van der Waals surface area contributed by atoms with Crippen LogP contribution in [0.3, 0.4) is 0 Å². The van der Waals surface area contributed by atoms with Crippen molar-refractivity contribution in [3.63, 3.8) is 0 Å². The molecule has 4 nitrogen and oxygen atoms in total. The van der Waals surface area contributed by atoms with Crippen molar-refractivity contribution in [1.29, 1.82) is 5.26 Å². The lowest BCUT2D eigenvalue weighted by Gasteiger charge is -2.30. The molecule has 35 heavy (non-hydrogen) atoms. The predicted molar refractivity (Wildman–Crippen MR) is 120 cm³/mol. The Labute approximate surface area is 203 Å². The Hall–Kier alpha value is -2.64. The molecule has 2 atom stereocenters. The van der Waals surface area contributed by atoms with E-state index in [0.717, 1.165) is 25.0 Å². The molecule has 0 aromatic heterocycles. The van der Waals surface area contributed by atoms with E-state index in [0.29, 0.717) is 25.5 Å². The SMILES string of the molecule is N#CC1(C(=O)N2CC3(CC3)C(NSC(F)F)C2Cc2cccc(-c3cc(F)cc(F)c3)c2F)CC1. The average Bonchev–Trinajstić information content (AvgIpc) is 3.72. The second-order valence-corrected chi connectivity index (χ2v) is 10.5. The number of hydrogen-bond acceptors (Lipinski definition) is 4. The molecular weight excluding hydrogens is 485 g/mol. The normalized spacial score (nSPS) is 23.5. The number of nitrogens with zero attached hydrogens (tertiary/aromatic N) is 2. The molecule has 184 valence electrons. The standard InChI is InChI=1S/C25H22F5N3OS/c26-16-8-15(9-17(27)11-16)18-3-1-2-14(20(18)28)10-19-21(32-35-23(29)30)25(6-7-25)13-33(19)22(34)24(12-31)4-5-24/h1-3,8-9,11,19,21,23,32H,4-7,10,13H2. The molecule has 1 heterocycles. The van der Waals surface area contributed by atoms with E-state index < -0.39 is 46.1 Å². The molecule has 10 heteroatoms. The van der Waals surface area contributed by atoms with Gasteiger partial charge in [0.15, 0.2) is 0 Å². The number of carbonyl (C=O) groups is 1. The van der Waals surface area contributed by atoms with Crippen LogP contribution in [-0.4, -0.2) is 35.2 Å². The van der Waals surface area contributed by atoms with Crippen molar-refractivity contribution < 1.29 is 26.7 Å². The van der Waals surface area contributed by atoms with Crippen molar-refractivity contribution in [2.45, 2.75) is 49.9 Å². The molecule has 1 amide bonds. The lowest BCUT2D eigenvalue weighted by atomic mass is 9.91. The van der Waals surface area contributed by atoms with Gasteiger partial charge in [-0.25, -0.2) is 13.2 Å². The smallest absolute Gasteiger partial charge is 0.297 e. The fourth-order valence-corrected chi connectivity index (χ4v) is 5.88. The molecule has 1 N–H and O–H groups in total. The zero-order valence-corrected chi connectivity index (χ0v) is 19.4. The highest BCUT2D eigenvalue weighted by molar-refractivity contribution is 7.97. The molecule has 3 aliphatic rings. The van der Waals surface area contributed by atoms with Crippen molar-refractivity contribution in [3.8, 4) is 17.2 Å². The van der Waals surface area contributed by atoms with Crippen LogP contribution in [0.4, 0.5) is 22.0 Å². The second kappa shape index (κ2) is 8.79. The van der Waals surface area contributed by atoms with E-state index in [1.54, 1.807) is 11.0 Å². The molecule has 3 fully saturated rings. The fourth-order valence-electron chi connectivity index (χ4n) is 5.22. The number of alkyl halides is 2. The van der Waals surface area contributed by atoms with Gasteiger partial charge >= 0.3 is 0 Å². The van der Waals surface area contributed by atoms with Crippen LogP contribution in [0.5, 0.6) is 0 Å². The first kappa shape index (κ1) is 24.1. The third-order valence-electron chi connectivity index (χ3n) is 7.42. The number of halogens is 5. The van der Waals surface area contributed by atoms with Gasteiger partial charge in [-0.15, -0.1) is 0 Å². The van der Waals surface area contributed by atoms with Crippen molar-refractivity contribution in [1.82, 2.24) is 9.62 Å². The van der Waals surface area contributed by atoms with Crippen molar-refractivity contribution in [2.24, 2.45) is 10.8 Å². The third-order valence-corrected chi connectivity index (χ3v) is 7.99. The molecule has 2 saturated carbocycles. The Morgan fingerprint density at radius 3 is 2.40 bits per heavy atom.